The number of nitrogens with one attached hydrogen (secondary N) is 1. The van der Waals surface area contributed by atoms with Crippen LogP contribution in [0.15, 0.2) is 108 Å². The van der Waals surface area contributed by atoms with Crippen molar-refractivity contribution in [2.45, 2.75) is 13.5 Å². The number of hydrogen-bond acceptors (Lipinski definition) is 4. The molecule has 0 atom stereocenters. The standard InChI is InChI=1S/C31H26IN3O3/c1-2-37-29-19-22(20-33-34-31(36)26-14-5-6-15-28(26)35-16-7-8-17-35)18-27(32)30(29)38-21-24-12-9-11-23-10-3-4-13-25(23)24/h3-20H,2,21H2,1H3,(H,34,36)/b33-20+. The molecule has 190 valence electrons. The highest BCUT2D eigenvalue weighted by molar-refractivity contribution is 14.1. The molecule has 6 nitrogen and oxygen atoms in total. The predicted molar refractivity (Wildman–Crippen MR) is 159 cm³/mol. The number of para-hydroxylation sites is 1. The van der Waals surface area contributed by atoms with Crippen molar-refractivity contribution in [1.82, 2.24) is 9.99 Å². The molecular weight excluding hydrogens is 589 g/mol. The summed E-state index contributed by atoms with van der Waals surface area (Å²) in [4.78, 5) is 12.9. The topological polar surface area (TPSA) is 64.8 Å². The van der Waals surface area contributed by atoms with Crippen molar-refractivity contribution in [3.05, 3.63) is 124 Å². The Morgan fingerprint density at radius 2 is 1.71 bits per heavy atom. The molecule has 0 aliphatic carbocycles. The van der Waals surface area contributed by atoms with Gasteiger partial charge in [0.15, 0.2) is 11.5 Å². The Kier molecular flexibility index (Phi) is 8.04. The molecule has 0 saturated heterocycles. The number of fused-ring (bicyclic) bond motifs is 1. The monoisotopic (exact) mass is 615 g/mol. The lowest BCUT2D eigenvalue weighted by Crippen LogP contribution is -2.19. The second-order valence-electron chi connectivity index (χ2n) is 8.50. The first kappa shape index (κ1) is 25.5. The molecule has 5 rings (SSSR count). The molecule has 0 aliphatic heterocycles. The number of carbonyl (C=O) groups excluding carboxylic acids is 1. The maximum absolute atomic E-state index is 12.9. The van der Waals surface area contributed by atoms with Gasteiger partial charge in [-0.05, 0) is 87.8 Å². The molecule has 1 amide bonds. The van der Waals surface area contributed by atoms with Gasteiger partial charge in [0.1, 0.15) is 6.61 Å². The smallest absolute Gasteiger partial charge is 0.273 e. The van der Waals surface area contributed by atoms with Gasteiger partial charge < -0.3 is 14.0 Å². The van der Waals surface area contributed by atoms with Gasteiger partial charge in [-0.1, -0.05) is 54.6 Å². The summed E-state index contributed by atoms with van der Waals surface area (Å²) in [5.41, 5.74) is 5.85. The predicted octanol–water partition coefficient (Wildman–Crippen LogP) is 6.98. The maximum Gasteiger partial charge on any atom is 0.273 e. The Hall–Kier alpha value is -4.11. The summed E-state index contributed by atoms with van der Waals surface area (Å²) in [7, 11) is 0. The summed E-state index contributed by atoms with van der Waals surface area (Å²) in [6.45, 7) is 2.85. The third kappa shape index (κ3) is 5.73. The number of ether oxygens (including phenoxy) is 2. The number of hydrogen-bond donors (Lipinski definition) is 1. The quantitative estimate of drug-likeness (QED) is 0.111. The van der Waals surface area contributed by atoms with Crippen LogP contribution >= 0.6 is 22.6 Å². The molecule has 1 heterocycles. The van der Waals surface area contributed by atoms with Crippen LogP contribution in [0.1, 0.15) is 28.4 Å². The van der Waals surface area contributed by atoms with Gasteiger partial charge in [-0.2, -0.15) is 5.10 Å². The van der Waals surface area contributed by atoms with Crippen molar-refractivity contribution in [3.63, 3.8) is 0 Å². The Morgan fingerprint density at radius 3 is 2.55 bits per heavy atom. The van der Waals surface area contributed by atoms with Gasteiger partial charge in [-0.25, -0.2) is 5.43 Å². The summed E-state index contributed by atoms with van der Waals surface area (Å²) in [6.07, 6.45) is 5.41. The lowest BCUT2D eigenvalue weighted by molar-refractivity contribution is 0.0955. The fourth-order valence-corrected chi connectivity index (χ4v) is 5.03. The van der Waals surface area contributed by atoms with Crippen LogP contribution in [0.3, 0.4) is 0 Å². The Labute approximate surface area is 235 Å². The van der Waals surface area contributed by atoms with Crippen LogP contribution in [-0.2, 0) is 6.61 Å². The fraction of sp³-hybridized carbons (Fsp3) is 0.0968. The van der Waals surface area contributed by atoms with Gasteiger partial charge in [0.2, 0.25) is 0 Å². The zero-order valence-corrected chi connectivity index (χ0v) is 23.0. The lowest BCUT2D eigenvalue weighted by atomic mass is 10.1. The average molecular weight is 615 g/mol. The summed E-state index contributed by atoms with van der Waals surface area (Å²) in [6, 6.07) is 29.5. The Bertz CT molecular complexity index is 1590. The third-order valence-electron chi connectivity index (χ3n) is 5.99. The van der Waals surface area contributed by atoms with Crippen LogP contribution < -0.4 is 14.9 Å². The molecule has 4 aromatic carbocycles. The van der Waals surface area contributed by atoms with E-state index in [1.54, 1.807) is 12.3 Å². The van der Waals surface area contributed by atoms with E-state index in [1.807, 2.05) is 84.5 Å². The largest absolute Gasteiger partial charge is 0.490 e. The SMILES string of the molecule is CCOc1cc(/C=N/NC(=O)c2ccccc2-n2cccc2)cc(I)c1OCc1cccc2ccccc12. The molecule has 0 fully saturated rings. The zero-order chi connectivity index (χ0) is 26.3. The average Bonchev–Trinajstić information content (AvgIpc) is 3.48. The molecular formula is C31H26IN3O3. The first-order valence-corrected chi connectivity index (χ1v) is 13.3. The molecule has 0 spiro atoms. The molecule has 1 aromatic heterocycles. The zero-order valence-electron chi connectivity index (χ0n) is 20.8. The van der Waals surface area contributed by atoms with Crippen molar-refractivity contribution in [3.8, 4) is 17.2 Å². The van der Waals surface area contributed by atoms with Gasteiger partial charge in [-0.3, -0.25) is 4.79 Å². The summed E-state index contributed by atoms with van der Waals surface area (Å²) in [5, 5.41) is 6.55. The number of amides is 1. The number of hydrazone groups is 1. The van der Waals surface area contributed by atoms with E-state index < -0.39 is 0 Å². The molecule has 5 aromatic rings. The van der Waals surface area contributed by atoms with E-state index >= 15 is 0 Å². The highest BCUT2D eigenvalue weighted by Gasteiger charge is 2.14. The van der Waals surface area contributed by atoms with Crippen LogP contribution in [0.4, 0.5) is 0 Å². The van der Waals surface area contributed by atoms with Crippen molar-refractivity contribution in [1.29, 1.82) is 0 Å². The van der Waals surface area contributed by atoms with E-state index in [2.05, 4.69) is 57.4 Å². The van der Waals surface area contributed by atoms with E-state index in [0.717, 1.165) is 20.4 Å². The van der Waals surface area contributed by atoms with Crippen molar-refractivity contribution >= 4 is 45.5 Å². The number of benzene rings is 4. The lowest BCUT2D eigenvalue weighted by Gasteiger charge is -2.15. The number of aromatic nitrogens is 1. The normalized spacial score (nSPS) is 11.1. The van der Waals surface area contributed by atoms with Gasteiger partial charge in [-0.15, -0.1) is 0 Å². The Morgan fingerprint density at radius 1 is 0.947 bits per heavy atom. The Balaban J connectivity index is 1.32. The molecule has 0 radical (unpaired) electrons. The molecule has 0 saturated carbocycles. The van der Waals surface area contributed by atoms with Gasteiger partial charge >= 0.3 is 0 Å². The fourth-order valence-electron chi connectivity index (χ4n) is 4.25. The van der Waals surface area contributed by atoms with E-state index in [0.29, 0.717) is 30.3 Å². The van der Waals surface area contributed by atoms with Crippen LogP contribution in [0.2, 0.25) is 0 Å². The molecule has 38 heavy (non-hydrogen) atoms. The summed E-state index contributed by atoms with van der Waals surface area (Å²) in [5.74, 6) is 1.02. The molecule has 0 aliphatic rings. The molecule has 0 unspecified atom stereocenters. The van der Waals surface area contributed by atoms with Crippen LogP contribution in [0.25, 0.3) is 16.5 Å². The van der Waals surface area contributed by atoms with Crippen molar-refractivity contribution in [2.75, 3.05) is 6.61 Å². The molecule has 0 bridgehead atoms. The first-order valence-electron chi connectivity index (χ1n) is 12.3. The minimum Gasteiger partial charge on any atom is -0.490 e. The highest BCUT2D eigenvalue weighted by Crippen LogP contribution is 2.35. The maximum atomic E-state index is 12.9. The van der Waals surface area contributed by atoms with E-state index in [1.165, 1.54) is 10.8 Å². The van der Waals surface area contributed by atoms with E-state index in [9.17, 15) is 4.79 Å². The van der Waals surface area contributed by atoms with Crippen LogP contribution in [-0.4, -0.2) is 23.3 Å². The first-order chi connectivity index (χ1) is 18.6. The third-order valence-corrected chi connectivity index (χ3v) is 6.80. The number of nitrogens with zero attached hydrogens (tertiary/aromatic N) is 2. The molecule has 1 N–H and O–H groups in total. The minimum absolute atomic E-state index is 0.291. The van der Waals surface area contributed by atoms with E-state index in [-0.39, 0.29) is 5.91 Å². The second-order valence-corrected chi connectivity index (χ2v) is 9.66. The van der Waals surface area contributed by atoms with Crippen LogP contribution in [0.5, 0.6) is 11.5 Å². The van der Waals surface area contributed by atoms with Gasteiger partial charge in [0.25, 0.3) is 5.91 Å². The van der Waals surface area contributed by atoms with Gasteiger partial charge in [0, 0.05) is 12.4 Å². The number of carbonyl (C=O) groups is 1. The minimum atomic E-state index is -0.291. The summed E-state index contributed by atoms with van der Waals surface area (Å²) < 4.78 is 15.0. The highest BCUT2D eigenvalue weighted by atomic mass is 127. The number of halogens is 1. The van der Waals surface area contributed by atoms with Crippen molar-refractivity contribution < 1.29 is 14.3 Å². The van der Waals surface area contributed by atoms with Crippen LogP contribution in [0, 0.1) is 3.57 Å². The second kappa shape index (κ2) is 12.0. The van der Waals surface area contributed by atoms with Gasteiger partial charge in [0.05, 0.1) is 27.6 Å². The summed E-state index contributed by atoms with van der Waals surface area (Å²) >= 11 is 2.24. The number of rotatable bonds is 9. The van der Waals surface area contributed by atoms with E-state index in [4.69, 9.17) is 9.47 Å². The molecule has 7 heteroatoms. The van der Waals surface area contributed by atoms with Crippen molar-refractivity contribution in [2.24, 2.45) is 5.10 Å².